The SMILES string of the molecule is Cc1ccccc1SCC(C#N)c1ccccc1. The lowest BCUT2D eigenvalue weighted by Gasteiger charge is -2.10. The molecule has 2 aromatic rings. The first-order chi connectivity index (χ1) is 8.81. The van der Waals surface area contributed by atoms with Crippen LogP contribution in [0.4, 0.5) is 0 Å². The van der Waals surface area contributed by atoms with Gasteiger partial charge in [-0.2, -0.15) is 5.26 Å². The smallest absolute Gasteiger partial charge is 0.0806 e. The van der Waals surface area contributed by atoms with Crippen molar-refractivity contribution >= 4 is 11.8 Å². The Kier molecular flexibility index (Phi) is 4.44. The average molecular weight is 253 g/mol. The Bertz CT molecular complexity index is 543. The van der Waals surface area contributed by atoms with Crippen molar-refractivity contribution in [2.45, 2.75) is 17.7 Å². The van der Waals surface area contributed by atoms with E-state index in [0.717, 1.165) is 11.3 Å². The van der Waals surface area contributed by atoms with E-state index in [1.165, 1.54) is 10.5 Å². The molecule has 0 radical (unpaired) electrons. The molecule has 0 bridgehead atoms. The molecule has 1 unspecified atom stereocenters. The third kappa shape index (κ3) is 3.15. The summed E-state index contributed by atoms with van der Waals surface area (Å²) in [6.45, 7) is 2.10. The summed E-state index contributed by atoms with van der Waals surface area (Å²) >= 11 is 1.75. The zero-order valence-corrected chi connectivity index (χ0v) is 11.2. The van der Waals surface area contributed by atoms with Crippen LogP contribution < -0.4 is 0 Å². The third-order valence-electron chi connectivity index (χ3n) is 2.86. The first-order valence-electron chi connectivity index (χ1n) is 5.94. The van der Waals surface area contributed by atoms with E-state index < -0.39 is 0 Å². The van der Waals surface area contributed by atoms with E-state index in [1.807, 2.05) is 42.5 Å². The lowest BCUT2D eigenvalue weighted by Crippen LogP contribution is -1.98. The lowest BCUT2D eigenvalue weighted by molar-refractivity contribution is 0.995. The van der Waals surface area contributed by atoms with E-state index in [-0.39, 0.29) is 5.92 Å². The van der Waals surface area contributed by atoms with Crippen molar-refractivity contribution in [3.05, 3.63) is 65.7 Å². The molecule has 0 N–H and O–H groups in total. The second kappa shape index (κ2) is 6.28. The highest BCUT2D eigenvalue weighted by molar-refractivity contribution is 7.99. The van der Waals surface area contributed by atoms with Gasteiger partial charge in [-0.05, 0) is 24.1 Å². The number of aryl methyl sites for hydroxylation is 1. The monoisotopic (exact) mass is 253 g/mol. The van der Waals surface area contributed by atoms with Crippen LogP contribution in [0.25, 0.3) is 0 Å². The Morgan fingerprint density at radius 2 is 1.72 bits per heavy atom. The van der Waals surface area contributed by atoms with Gasteiger partial charge in [0, 0.05) is 10.6 Å². The molecule has 1 nitrogen and oxygen atoms in total. The number of rotatable bonds is 4. The largest absolute Gasteiger partial charge is 0.198 e. The number of hydrogen-bond donors (Lipinski definition) is 0. The normalized spacial score (nSPS) is 11.8. The Balaban J connectivity index is 2.05. The van der Waals surface area contributed by atoms with Gasteiger partial charge in [0.05, 0.1) is 12.0 Å². The van der Waals surface area contributed by atoms with Gasteiger partial charge in [-0.3, -0.25) is 0 Å². The number of nitrogens with zero attached hydrogens (tertiary/aromatic N) is 1. The molecule has 0 aliphatic rings. The summed E-state index contributed by atoms with van der Waals surface area (Å²) in [5, 5.41) is 9.26. The number of benzene rings is 2. The molecule has 2 heteroatoms. The standard InChI is InChI=1S/C16H15NS/c1-13-7-5-6-10-16(13)18-12-15(11-17)14-8-3-2-4-9-14/h2-10,15H,12H2,1H3. The van der Waals surface area contributed by atoms with E-state index in [2.05, 4.69) is 25.1 Å². The van der Waals surface area contributed by atoms with Gasteiger partial charge in [0.1, 0.15) is 0 Å². The zero-order valence-electron chi connectivity index (χ0n) is 10.3. The summed E-state index contributed by atoms with van der Waals surface area (Å²) in [5.41, 5.74) is 2.37. The summed E-state index contributed by atoms with van der Waals surface area (Å²) in [6.07, 6.45) is 0. The molecule has 90 valence electrons. The van der Waals surface area contributed by atoms with Crippen LogP contribution in [0.3, 0.4) is 0 Å². The van der Waals surface area contributed by atoms with Crippen LogP contribution in [0.5, 0.6) is 0 Å². The van der Waals surface area contributed by atoms with Crippen LogP contribution in [0.1, 0.15) is 17.0 Å². The van der Waals surface area contributed by atoms with E-state index in [9.17, 15) is 5.26 Å². The Labute approximate surface area is 112 Å². The Hall–Kier alpha value is -1.72. The number of thioether (sulfide) groups is 1. The zero-order chi connectivity index (χ0) is 12.8. The van der Waals surface area contributed by atoms with Gasteiger partial charge in [-0.1, -0.05) is 48.5 Å². The second-order valence-electron chi connectivity index (χ2n) is 4.17. The third-order valence-corrected chi connectivity index (χ3v) is 4.13. The molecule has 0 aliphatic heterocycles. The van der Waals surface area contributed by atoms with Crippen molar-refractivity contribution in [3.8, 4) is 6.07 Å². The van der Waals surface area contributed by atoms with Gasteiger partial charge in [-0.25, -0.2) is 0 Å². The molecule has 0 aliphatic carbocycles. The molecule has 0 saturated heterocycles. The summed E-state index contributed by atoms with van der Waals surface area (Å²) in [5.74, 6) is 0.751. The minimum Gasteiger partial charge on any atom is -0.198 e. The van der Waals surface area contributed by atoms with Crippen LogP contribution in [0, 0.1) is 18.3 Å². The van der Waals surface area contributed by atoms with E-state index in [0.29, 0.717) is 0 Å². The molecule has 0 fully saturated rings. The molecule has 0 spiro atoms. The lowest BCUT2D eigenvalue weighted by atomic mass is 10.0. The molecule has 0 heterocycles. The van der Waals surface area contributed by atoms with Crippen molar-refractivity contribution in [1.29, 1.82) is 5.26 Å². The predicted octanol–water partition coefficient (Wildman–Crippen LogP) is 4.39. The van der Waals surface area contributed by atoms with Crippen LogP contribution in [0.15, 0.2) is 59.5 Å². The van der Waals surface area contributed by atoms with Crippen LogP contribution >= 0.6 is 11.8 Å². The molecule has 0 aromatic heterocycles. The van der Waals surface area contributed by atoms with Crippen molar-refractivity contribution in [3.63, 3.8) is 0 Å². The summed E-state index contributed by atoms with van der Waals surface area (Å²) in [4.78, 5) is 1.26. The minimum absolute atomic E-state index is 0.0455. The van der Waals surface area contributed by atoms with Crippen molar-refractivity contribution in [2.24, 2.45) is 0 Å². The highest BCUT2D eigenvalue weighted by atomic mass is 32.2. The number of hydrogen-bond acceptors (Lipinski definition) is 2. The van der Waals surface area contributed by atoms with Crippen LogP contribution in [-0.4, -0.2) is 5.75 Å². The topological polar surface area (TPSA) is 23.8 Å². The van der Waals surface area contributed by atoms with E-state index in [1.54, 1.807) is 11.8 Å². The Morgan fingerprint density at radius 3 is 2.39 bits per heavy atom. The maximum atomic E-state index is 9.26. The molecule has 2 rings (SSSR count). The molecule has 1 atom stereocenters. The van der Waals surface area contributed by atoms with Gasteiger partial charge < -0.3 is 0 Å². The highest BCUT2D eigenvalue weighted by Crippen LogP contribution is 2.27. The molecule has 2 aromatic carbocycles. The van der Waals surface area contributed by atoms with Crippen LogP contribution in [-0.2, 0) is 0 Å². The maximum Gasteiger partial charge on any atom is 0.0806 e. The first-order valence-corrected chi connectivity index (χ1v) is 6.93. The van der Waals surface area contributed by atoms with E-state index >= 15 is 0 Å². The predicted molar refractivity (Wildman–Crippen MR) is 76.7 cm³/mol. The highest BCUT2D eigenvalue weighted by Gasteiger charge is 2.11. The summed E-state index contributed by atoms with van der Waals surface area (Å²) < 4.78 is 0. The van der Waals surface area contributed by atoms with E-state index in [4.69, 9.17) is 0 Å². The fourth-order valence-electron chi connectivity index (χ4n) is 1.78. The summed E-state index contributed by atoms with van der Waals surface area (Å²) in [6, 6.07) is 20.7. The van der Waals surface area contributed by atoms with Crippen molar-refractivity contribution in [2.75, 3.05) is 5.75 Å². The van der Waals surface area contributed by atoms with Gasteiger partial charge >= 0.3 is 0 Å². The molecule has 0 saturated carbocycles. The number of nitriles is 1. The fourth-order valence-corrected chi connectivity index (χ4v) is 2.87. The van der Waals surface area contributed by atoms with Gasteiger partial charge in [-0.15, -0.1) is 11.8 Å². The van der Waals surface area contributed by atoms with Crippen LogP contribution in [0.2, 0.25) is 0 Å². The minimum atomic E-state index is -0.0455. The summed E-state index contributed by atoms with van der Waals surface area (Å²) in [7, 11) is 0. The quantitative estimate of drug-likeness (QED) is 0.754. The first kappa shape index (κ1) is 12.7. The molecule has 0 amide bonds. The van der Waals surface area contributed by atoms with Gasteiger partial charge in [0.2, 0.25) is 0 Å². The molecular weight excluding hydrogens is 238 g/mol. The van der Waals surface area contributed by atoms with Crippen molar-refractivity contribution in [1.82, 2.24) is 0 Å². The van der Waals surface area contributed by atoms with Crippen molar-refractivity contribution < 1.29 is 0 Å². The van der Waals surface area contributed by atoms with Gasteiger partial charge in [0.15, 0.2) is 0 Å². The maximum absolute atomic E-state index is 9.26. The second-order valence-corrected chi connectivity index (χ2v) is 5.23. The Morgan fingerprint density at radius 1 is 1.06 bits per heavy atom. The fraction of sp³-hybridized carbons (Fsp3) is 0.188. The molecular formula is C16H15NS. The van der Waals surface area contributed by atoms with Gasteiger partial charge in [0.25, 0.3) is 0 Å². The molecule has 18 heavy (non-hydrogen) atoms. The average Bonchev–Trinajstić information content (AvgIpc) is 2.42.